The Morgan fingerprint density at radius 1 is 1.12 bits per heavy atom. The maximum absolute atomic E-state index is 13.6. The van der Waals surface area contributed by atoms with Gasteiger partial charge in [0.1, 0.15) is 17.7 Å². The largest absolute Gasteiger partial charge is 0.488 e. The van der Waals surface area contributed by atoms with Crippen LogP contribution in [0.3, 0.4) is 0 Å². The summed E-state index contributed by atoms with van der Waals surface area (Å²) in [6, 6.07) is 14.7. The average molecular weight is 572 g/mol. The van der Waals surface area contributed by atoms with Crippen molar-refractivity contribution in [3.05, 3.63) is 78.6 Å². The highest BCUT2D eigenvalue weighted by Crippen LogP contribution is 2.32. The van der Waals surface area contributed by atoms with Gasteiger partial charge in [-0.15, -0.1) is 0 Å². The number of nitrogens with one attached hydrogen (secondary N) is 2. The molecule has 3 heterocycles. The summed E-state index contributed by atoms with van der Waals surface area (Å²) >= 11 is 0. The lowest BCUT2D eigenvalue weighted by molar-refractivity contribution is -0.146. The van der Waals surface area contributed by atoms with Gasteiger partial charge >= 0.3 is 5.97 Å². The van der Waals surface area contributed by atoms with Crippen molar-refractivity contribution in [3.8, 4) is 5.75 Å². The molecule has 0 spiro atoms. The summed E-state index contributed by atoms with van der Waals surface area (Å²) < 4.78 is 23.7. The van der Waals surface area contributed by atoms with Gasteiger partial charge < -0.3 is 20.5 Å². The fourth-order valence-electron chi connectivity index (χ4n) is 5.39. The van der Waals surface area contributed by atoms with Crippen LogP contribution in [-0.2, 0) is 11.3 Å². The molecule has 1 aliphatic carbocycles. The second-order valence-electron chi connectivity index (χ2n) is 11.6. The highest BCUT2D eigenvalue weighted by atomic mass is 19.1. The Hall–Kier alpha value is -4.51. The first-order valence-corrected chi connectivity index (χ1v) is 14.2. The summed E-state index contributed by atoms with van der Waals surface area (Å²) in [5.74, 6) is 0.283. The summed E-state index contributed by atoms with van der Waals surface area (Å²) in [6.07, 6.45) is 8.79. The normalized spacial score (nSPS) is 17.5. The Kier molecular flexibility index (Phi) is 7.51. The van der Waals surface area contributed by atoms with E-state index >= 15 is 0 Å². The van der Waals surface area contributed by atoms with E-state index < -0.39 is 11.4 Å². The molecule has 0 saturated heterocycles. The molecule has 0 amide bonds. The molecule has 6 rings (SSSR count). The van der Waals surface area contributed by atoms with Crippen molar-refractivity contribution in [1.82, 2.24) is 29.7 Å². The third-order valence-corrected chi connectivity index (χ3v) is 7.92. The number of hydrogen-bond acceptors (Lipinski definition) is 7. The number of rotatable bonds is 10. The minimum absolute atomic E-state index is 0.0510. The van der Waals surface area contributed by atoms with Crippen molar-refractivity contribution in [2.24, 2.45) is 5.41 Å². The number of aliphatic carboxylic acids is 1. The van der Waals surface area contributed by atoms with Gasteiger partial charge in [0.2, 0.25) is 0 Å². The Morgan fingerprint density at radius 2 is 1.95 bits per heavy atom. The van der Waals surface area contributed by atoms with Crippen LogP contribution in [0.15, 0.2) is 67.3 Å². The van der Waals surface area contributed by atoms with E-state index in [4.69, 9.17) is 4.74 Å². The van der Waals surface area contributed by atoms with E-state index in [2.05, 4.69) is 25.8 Å². The lowest BCUT2D eigenvalue weighted by atomic mass is 9.90. The predicted octanol–water partition coefficient (Wildman–Crippen LogP) is 5.40. The zero-order valence-electron chi connectivity index (χ0n) is 23.6. The smallest absolute Gasteiger partial charge is 0.310 e. The van der Waals surface area contributed by atoms with Crippen LogP contribution in [0.5, 0.6) is 5.75 Å². The van der Waals surface area contributed by atoms with E-state index in [-0.39, 0.29) is 18.0 Å². The number of carboxylic acids is 1. The zero-order valence-corrected chi connectivity index (χ0v) is 23.6. The number of hydrogen-bond donors (Lipinski definition) is 3. The number of carbonyl (C=O) groups is 1. The molecule has 0 aliphatic heterocycles. The highest BCUT2D eigenvalue weighted by molar-refractivity contribution is 5.86. The number of aromatic nitrogens is 5. The SMILES string of the molecule is CC(C)(CNC1CCC(Oc2ccn3ncnc(Nc4ccc5c(cnn5Cc5cccc(F)c5)c4)c23)CC1)C(=O)O. The van der Waals surface area contributed by atoms with Crippen LogP contribution >= 0.6 is 0 Å². The van der Waals surface area contributed by atoms with Crippen LogP contribution in [0.2, 0.25) is 0 Å². The zero-order chi connectivity index (χ0) is 29.3. The van der Waals surface area contributed by atoms with Gasteiger partial charge in [0.15, 0.2) is 11.6 Å². The number of halogens is 1. The molecular weight excluding hydrogens is 537 g/mol. The predicted molar refractivity (Wildman–Crippen MR) is 158 cm³/mol. The molecule has 1 aliphatic rings. The number of nitrogens with zero attached hydrogens (tertiary/aromatic N) is 5. The van der Waals surface area contributed by atoms with Gasteiger partial charge in [-0.1, -0.05) is 12.1 Å². The summed E-state index contributed by atoms with van der Waals surface area (Å²) in [6.45, 7) is 4.39. The molecule has 10 nitrogen and oxygen atoms in total. The van der Waals surface area contributed by atoms with Crippen molar-refractivity contribution in [1.29, 1.82) is 0 Å². The van der Waals surface area contributed by atoms with E-state index in [0.717, 1.165) is 53.4 Å². The number of fused-ring (bicyclic) bond motifs is 2. The maximum Gasteiger partial charge on any atom is 0.310 e. The molecule has 0 unspecified atom stereocenters. The van der Waals surface area contributed by atoms with Crippen molar-refractivity contribution in [2.75, 3.05) is 11.9 Å². The summed E-state index contributed by atoms with van der Waals surface area (Å²) in [5.41, 5.74) is 2.59. The Bertz CT molecular complexity index is 1720. The van der Waals surface area contributed by atoms with Crippen LogP contribution in [0.1, 0.15) is 45.1 Å². The van der Waals surface area contributed by atoms with Crippen molar-refractivity contribution >= 4 is 33.9 Å². The molecule has 2 aromatic carbocycles. The molecule has 11 heteroatoms. The number of ether oxygens (including phenoxy) is 1. The molecule has 1 saturated carbocycles. The monoisotopic (exact) mass is 571 g/mol. The Balaban J connectivity index is 1.13. The van der Waals surface area contributed by atoms with Crippen molar-refractivity contribution in [2.45, 2.75) is 58.2 Å². The minimum atomic E-state index is -0.796. The van der Waals surface area contributed by atoms with Crippen LogP contribution in [0.25, 0.3) is 16.4 Å². The molecule has 1 fully saturated rings. The Morgan fingerprint density at radius 3 is 2.74 bits per heavy atom. The lowest BCUT2D eigenvalue weighted by Gasteiger charge is -2.31. The first-order valence-electron chi connectivity index (χ1n) is 14.2. The Labute approximate surface area is 242 Å². The van der Waals surface area contributed by atoms with Gasteiger partial charge in [-0.25, -0.2) is 13.9 Å². The third kappa shape index (κ3) is 5.91. The fraction of sp³-hybridized carbons (Fsp3) is 0.355. The molecular formula is C31H34FN7O3. The number of anilines is 2. The summed E-state index contributed by atoms with van der Waals surface area (Å²) in [7, 11) is 0. The van der Waals surface area contributed by atoms with Crippen LogP contribution < -0.4 is 15.4 Å². The maximum atomic E-state index is 13.6. The molecule has 0 atom stereocenters. The minimum Gasteiger partial charge on any atom is -0.488 e. The van der Waals surface area contributed by atoms with E-state index in [1.165, 1.54) is 18.5 Å². The lowest BCUT2D eigenvalue weighted by Crippen LogP contribution is -2.43. The van der Waals surface area contributed by atoms with E-state index in [0.29, 0.717) is 24.7 Å². The van der Waals surface area contributed by atoms with E-state index in [1.807, 2.05) is 41.2 Å². The van der Waals surface area contributed by atoms with Gasteiger partial charge in [-0.05, 0) is 75.4 Å². The molecule has 218 valence electrons. The van der Waals surface area contributed by atoms with Crippen LogP contribution in [0, 0.1) is 11.2 Å². The number of carboxylic acid groups (broad SMARTS) is 1. The molecule has 3 N–H and O–H groups in total. The van der Waals surface area contributed by atoms with Crippen LogP contribution in [0.4, 0.5) is 15.9 Å². The first-order chi connectivity index (χ1) is 20.2. The second-order valence-corrected chi connectivity index (χ2v) is 11.6. The second kappa shape index (κ2) is 11.4. The summed E-state index contributed by atoms with van der Waals surface area (Å²) in [4.78, 5) is 15.9. The van der Waals surface area contributed by atoms with Gasteiger partial charge in [-0.2, -0.15) is 10.2 Å². The number of benzene rings is 2. The molecule has 42 heavy (non-hydrogen) atoms. The topological polar surface area (TPSA) is 119 Å². The quantitative estimate of drug-likeness (QED) is 0.204. The highest BCUT2D eigenvalue weighted by Gasteiger charge is 2.30. The van der Waals surface area contributed by atoms with Gasteiger partial charge in [0.05, 0.1) is 29.8 Å². The third-order valence-electron chi connectivity index (χ3n) is 7.92. The average Bonchev–Trinajstić information content (AvgIpc) is 3.57. The summed E-state index contributed by atoms with van der Waals surface area (Å²) in [5, 5.41) is 26.0. The van der Waals surface area contributed by atoms with Gasteiger partial charge in [-0.3, -0.25) is 9.48 Å². The van der Waals surface area contributed by atoms with E-state index in [9.17, 15) is 14.3 Å². The molecule has 5 aromatic rings. The van der Waals surface area contributed by atoms with Gasteiger partial charge in [0.25, 0.3) is 0 Å². The van der Waals surface area contributed by atoms with Gasteiger partial charge in [0, 0.05) is 35.9 Å². The van der Waals surface area contributed by atoms with E-state index in [1.54, 1.807) is 30.6 Å². The first kappa shape index (κ1) is 27.6. The van der Waals surface area contributed by atoms with Crippen molar-refractivity contribution < 1.29 is 19.0 Å². The standard InChI is InChI=1S/C31H34FN7O3/c1-31(2,30(40)41)18-33-23-6-9-25(10-7-23)42-27-12-13-38-28(27)29(34-19-36-38)37-24-8-11-26-21(15-24)16-35-39(26)17-20-4-3-5-22(32)14-20/h3-5,8,11-16,19,23,25,33H,6-7,9-10,17-18H2,1-2H3,(H,40,41)(H,34,36,37). The fourth-order valence-corrected chi connectivity index (χ4v) is 5.39. The molecule has 0 bridgehead atoms. The van der Waals surface area contributed by atoms with Crippen LogP contribution in [-0.4, -0.2) is 54.1 Å². The molecule has 0 radical (unpaired) electrons. The molecule has 3 aromatic heterocycles. The van der Waals surface area contributed by atoms with Crippen molar-refractivity contribution in [3.63, 3.8) is 0 Å².